The van der Waals surface area contributed by atoms with Gasteiger partial charge >= 0.3 is 11.9 Å². The maximum Gasteiger partial charge on any atom is 0.323 e. The quantitative estimate of drug-likeness (QED) is 0.313. The molecule has 0 fully saturated rings. The first-order chi connectivity index (χ1) is 8.40. The molecule has 0 radical (unpaired) electrons. The zero-order chi connectivity index (χ0) is 14.2. The highest BCUT2D eigenvalue weighted by Gasteiger charge is 2.47. The Balaban J connectivity index is 5.09. The molecule has 1 N–H and O–H groups in total. The molecule has 0 rings (SSSR count). The van der Waals surface area contributed by atoms with Crippen molar-refractivity contribution in [3.63, 3.8) is 0 Å². The highest BCUT2D eigenvalue weighted by Crippen LogP contribution is 2.34. The lowest BCUT2D eigenvalue weighted by Crippen LogP contribution is -2.42. The number of carbonyl (C=O) groups excluding carboxylic acids is 1. The van der Waals surface area contributed by atoms with Crippen molar-refractivity contribution >= 4 is 11.9 Å². The zero-order valence-electron chi connectivity index (χ0n) is 11.4. The normalized spacial score (nSPS) is 13.7. The van der Waals surface area contributed by atoms with E-state index in [2.05, 4.69) is 5.92 Å². The largest absolute Gasteiger partial charge is 0.480 e. The molecule has 1 unspecified atom stereocenters. The third-order valence-corrected chi connectivity index (χ3v) is 2.76. The molecule has 0 aromatic carbocycles. The zero-order valence-corrected chi connectivity index (χ0v) is 11.4. The second-order valence-electron chi connectivity index (χ2n) is 4.76. The number of rotatable bonds is 8. The van der Waals surface area contributed by atoms with Gasteiger partial charge in [-0.05, 0) is 32.1 Å². The highest BCUT2D eigenvalue weighted by atomic mass is 16.5. The summed E-state index contributed by atoms with van der Waals surface area (Å²) in [6.07, 6.45) is 6.62. The fraction of sp³-hybridized carbons (Fsp3) is 0.714. The Morgan fingerprint density at radius 3 is 2.44 bits per heavy atom. The van der Waals surface area contributed by atoms with Crippen LogP contribution in [0.5, 0.6) is 0 Å². The summed E-state index contributed by atoms with van der Waals surface area (Å²) in [4.78, 5) is 23.5. The molecule has 1 atom stereocenters. The lowest BCUT2D eigenvalue weighted by Gasteiger charge is -2.28. The molecule has 0 heterocycles. The van der Waals surface area contributed by atoms with Crippen LogP contribution in [0.15, 0.2) is 0 Å². The first-order valence-electron chi connectivity index (χ1n) is 6.24. The van der Waals surface area contributed by atoms with Gasteiger partial charge in [-0.15, -0.1) is 12.3 Å². The van der Waals surface area contributed by atoms with E-state index in [9.17, 15) is 14.7 Å². The third-order valence-electron chi connectivity index (χ3n) is 2.76. The Bertz CT molecular complexity index is 327. The van der Waals surface area contributed by atoms with E-state index in [0.29, 0.717) is 12.8 Å². The number of unbranched alkanes of at least 4 members (excludes halogenated alkanes) is 1. The topological polar surface area (TPSA) is 63.6 Å². The Labute approximate surface area is 109 Å². The van der Waals surface area contributed by atoms with Crippen LogP contribution in [0.25, 0.3) is 0 Å². The number of carboxylic acids is 1. The van der Waals surface area contributed by atoms with Crippen molar-refractivity contribution in [3.8, 4) is 12.3 Å². The molecule has 0 spiro atoms. The smallest absolute Gasteiger partial charge is 0.323 e. The molecule has 18 heavy (non-hydrogen) atoms. The van der Waals surface area contributed by atoms with Crippen LogP contribution < -0.4 is 0 Å². The Hall–Kier alpha value is -1.50. The lowest BCUT2D eigenvalue weighted by molar-refractivity contribution is -0.170. The molecule has 4 nitrogen and oxygen atoms in total. The van der Waals surface area contributed by atoms with Gasteiger partial charge in [0.25, 0.3) is 0 Å². The minimum atomic E-state index is -1.46. The van der Waals surface area contributed by atoms with Gasteiger partial charge in [0, 0.05) is 6.42 Å². The van der Waals surface area contributed by atoms with Gasteiger partial charge in [-0.25, -0.2) is 0 Å². The van der Waals surface area contributed by atoms with Crippen LogP contribution in [0.4, 0.5) is 0 Å². The molecule has 0 aromatic rings. The van der Waals surface area contributed by atoms with E-state index in [4.69, 9.17) is 11.2 Å². The van der Waals surface area contributed by atoms with E-state index in [0.717, 1.165) is 0 Å². The summed E-state index contributed by atoms with van der Waals surface area (Å²) in [6.45, 7) is 5.62. The molecule has 0 aromatic heterocycles. The van der Waals surface area contributed by atoms with E-state index in [1.807, 2.05) is 13.8 Å². The van der Waals surface area contributed by atoms with Gasteiger partial charge in [-0.2, -0.15) is 0 Å². The molecule has 0 saturated carbocycles. The van der Waals surface area contributed by atoms with Crippen LogP contribution in [0, 0.1) is 23.7 Å². The fourth-order valence-electron chi connectivity index (χ4n) is 2.03. The van der Waals surface area contributed by atoms with Crippen molar-refractivity contribution in [1.29, 1.82) is 0 Å². The first-order valence-corrected chi connectivity index (χ1v) is 6.24. The molecule has 0 bridgehead atoms. The monoisotopic (exact) mass is 254 g/mol. The number of ether oxygens (including phenoxy) is 1. The molecular weight excluding hydrogens is 232 g/mol. The predicted molar refractivity (Wildman–Crippen MR) is 68.8 cm³/mol. The van der Waals surface area contributed by atoms with Gasteiger partial charge in [0.15, 0.2) is 5.41 Å². The van der Waals surface area contributed by atoms with Crippen molar-refractivity contribution < 1.29 is 19.4 Å². The van der Waals surface area contributed by atoms with Crippen LogP contribution in [0.1, 0.15) is 46.5 Å². The second-order valence-corrected chi connectivity index (χ2v) is 4.76. The Morgan fingerprint density at radius 2 is 2.06 bits per heavy atom. The van der Waals surface area contributed by atoms with Crippen molar-refractivity contribution in [2.45, 2.75) is 46.5 Å². The molecular formula is C14H22O4. The predicted octanol–water partition coefficient (Wildman–Crippen LogP) is 2.47. The van der Waals surface area contributed by atoms with Crippen LogP contribution in [-0.2, 0) is 14.3 Å². The number of hydrogen-bond acceptors (Lipinski definition) is 3. The minimum absolute atomic E-state index is 0.0938. The molecule has 0 aliphatic heterocycles. The van der Waals surface area contributed by atoms with Gasteiger partial charge < -0.3 is 9.84 Å². The fourth-order valence-corrected chi connectivity index (χ4v) is 2.03. The summed E-state index contributed by atoms with van der Waals surface area (Å²) in [5.74, 6) is 0.784. The first kappa shape index (κ1) is 16.5. The van der Waals surface area contributed by atoms with Gasteiger partial charge in [0.2, 0.25) is 0 Å². The molecule has 0 aliphatic carbocycles. The maximum absolute atomic E-state index is 12.0. The van der Waals surface area contributed by atoms with Gasteiger partial charge in [-0.1, -0.05) is 13.8 Å². The minimum Gasteiger partial charge on any atom is -0.480 e. The molecule has 0 saturated heterocycles. The SMILES string of the molecule is C#CCCCC(CC(C)C)(C(=O)O)C(=O)OCC. The number of terminal acetylenes is 1. The number of carbonyl (C=O) groups is 2. The Kier molecular flexibility index (Phi) is 7.11. The van der Waals surface area contributed by atoms with Gasteiger partial charge in [0.1, 0.15) is 0 Å². The van der Waals surface area contributed by atoms with Gasteiger partial charge in [0.05, 0.1) is 6.61 Å². The van der Waals surface area contributed by atoms with Crippen molar-refractivity contribution in [1.82, 2.24) is 0 Å². The number of esters is 1. The molecule has 0 amide bonds. The van der Waals surface area contributed by atoms with E-state index in [1.54, 1.807) is 6.92 Å². The molecule has 4 heteroatoms. The summed E-state index contributed by atoms with van der Waals surface area (Å²) in [7, 11) is 0. The van der Waals surface area contributed by atoms with E-state index < -0.39 is 17.4 Å². The van der Waals surface area contributed by atoms with E-state index in [-0.39, 0.29) is 25.4 Å². The van der Waals surface area contributed by atoms with Crippen LogP contribution in [0.3, 0.4) is 0 Å². The number of aliphatic carboxylic acids is 1. The summed E-state index contributed by atoms with van der Waals surface area (Å²) in [5.41, 5.74) is -1.46. The second kappa shape index (κ2) is 7.75. The summed E-state index contributed by atoms with van der Waals surface area (Å²) in [5, 5.41) is 9.42. The van der Waals surface area contributed by atoms with Crippen LogP contribution in [-0.4, -0.2) is 23.7 Å². The summed E-state index contributed by atoms with van der Waals surface area (Å²) in [6, 6.07) is 0. The highest BCUT2D eigenvalue weighted by molar-refractivity contribution is 5.99. The summed E-state index contributed by atoms with van der Waals surface area (Å²) >= 11 is 0. The number of carboxylic acid groups (broad SMARTS) is 1. The Morgan fingerprint density at radius 1 is 1.44 bits per heavy atom. The lowest BCUT2D eigenvalue weighted by atomic mass is 9.76. The molecule has 102 valence electrons. The van der Waals surface area contributed by atoms with Crippen LogP contribution in [0.2, 0.25) is 0 Å². The van der Waals surface area contributed by atoms with Crippen molar-refractivity contribution in [2.75, 3.05) is 6.61 Å². The molecule has 0 aliphatic rings. The average molecular weight is 254 g/mol. The number of hydrogen-bond donors (Lipinski definition) is 1. The van der Waals surface area contributed by atoms with Crippen LogP contribution >= 0.6 is 0 Å². The maximum atomic E-state index is 12.0. The van der Waals surface area contributed by atoms with E-state index >= 15 is 0 Å². The standard InChI is InChI=1S/C14H22O4/c1-5-7-8-9-14(12(15)16,10-11(3)4)13(17)18-6-2/h1,11H,6-10H2,2-4H3,(H,15,16). The summed E-state index contributed by atoms with van der Waals surface area (Å²) < 4.78 is 4.93. The van der Waals surface area contributed by atoms with Gasteiger partial charge in [-0.3, -0.25) is 9.59 Å². The average Bonchev–Trinajstić information content (AvgIpc) is 2.27. The van der Waals surface area contributed by atoms with E-state index in [1.165, 1.54) is 0 Å². The van der Waals surface area contributed by atoms with Crippen molar-refractivity contribution in [2.24, 2.45) is 11.3 Å². The van der Waals surface area contributed by atoms with Crippen molar-refractivity contribution in [3.05, 3.63) is 0 Å². The third kappa shape index (κ3) is 4.40.